The third-order valence-corrected chi connectivity index (χ3v) is 2.61. The summed E-state index contributed by atoms with van der Waals surface area (Å²) in [7, 11) is 1.60. The van der Waals surface area contributed by atoms with Crippen LogP contribution in [0, 0.1) is 23.6 Å². The number of hydrogen-bond acceptors (Lipinski definition) is 3. The van der Waals surface area contributed by atoms with Crippen molar-refractivity contribution in [1.29, 1.82) is 0 Å². The molecule has 0 aliphatic rings. The zero-order valence-corrected chi connectivity index (χ0v) is 11.7. The molecule has 1 aromatic carbocycles. The molecule has 1 atom stereocenters. The molecule has 0 bridgehead atoms. The summed E-state index contributed by atoms with van der Waals surface area (Å²) >= 11 is 0. The number of hydrogen-bond donors (Lipinski definition) is 2. The number of carbonyl (C=O) groups excluding carboxylic acids is 1. The number of ether oxygens (including phenoxy) is 1. The number of methoxy groups -OCH3 is 1. The SMILES string of the molecule is COCC(C)CNC(=O)c1ccc(C#CCN)cc1F. The van der Waals surface area contributed by atoms with Crippen molar-refractivity contribution in [3.8, 4) is 11.8 Å². The van der Waals surface area contributed by atoms with E-state index in [-0.39, 0.29) is 18.0 Å². The Balaban J connectivity index is 2.69. The van der Waals surface area contributed by atoms with Gasteiger partial charge in [0.05, 0.1) is 18.7 Å². The highest BCUT2D eigenvalue weighted by atomic mass is 19.1. The van der Waals surface area contributed by atoms with Gasteiger partial charge in [-0.05, 0) is 24.1 Å². The fraction of sp³-hybridized carbons (Fsp3) is 0.400. The van der Waals surface area contributed by atoms with Crippen molar-refractivity contribution in [3.63, 3.8) is 0 Å². The van der Waals surface area contributed by atoms with Gasteiger partial charge in [0, 0.05) is 19.2 Å². The van der Waals surface area contributed by atoms with E-state index in [0.717, 1.165) is 0 Å². The van der Waals surface area contributed by atoms with Gasteiger partial charge >= 0.3 is 0 Å². The Morgan fingerprint density at radius 3 is 2.90 bits per heavy atom. The van der Waals surface area contributed by atoms with E-state index in [1.54, 1.807) is 13.2 Å². The van der Waals surface area contributed by atoms with Gasteiger partial charge in [-0.2, -0.15) is 0 Å². The highest BCUT2D eigenvalue weighted by Crippen LogP contribution is 2.10. The molecule has 3 N–H and O–H groups in total. The van der Waals surface area contributed by atoms with Crippen LogP contribution in [0.5, 0.6) is 0 Å². The molecule has 20 heavy (non-hydrogen) atoms. The standard InChI is InChI=1S/C15H19FN2O2/c1-11(10-20-2)9-18-15(19)13-6-5-12(4-3-7-17)8-14(13)16/h5-6,8,11H,7,9-10,17H2,1-2H3,(H,18,19). The van der Waals surface area contributed by atoms with Gasteiger partial charge in [0.2, 0.25) is 0 Å². The lowest BCUT2D eigenvalue weighted by molar-refractivity contribution is 0.0930. The molecular formula is C15H19FN2O2. The number of halogens is 1. The molecule has 1 rings (SSSR count). The molecule has 4 nitrogen and oxygen atoms in total. The molecule has 0 heterocycles. The third-order valence-electron chi connectivity index (χ3n) is 2.61. The molecule has 0 saturated heterocycles. The largest absolute Gasteiger partial charge is 0.384 e. The molecule has 1 amide bonds. The first-order valence-electron chi connectivity index (χ1n) is 6.34. The van der Waals surface area contributed by atoms with E-state index in [1.807, 2.05) is 6.92 Å². The second-order valence-electron chi connectivity index (χ2n) is 4.47. The highest BCUT2D eigenvalue weighted by Gasteiger charge is 2.12. The van der Waals surface area contributed by atoms with Gasteiger partial charge in [-0.3, -0.25) is 4.79 Å². The minimum absolute atomic E-state index is 0.00733. The number of rotatable bonds is 5. The number of benzene rings is 1. The predicted molar refractivity (Wildman–Crippen MR) is 75.7 cm³/mol. The van der Waals surface area contributed by atoms with Crippen molar-refractivity contribution in [3.05, 3.63) is 35.1 Å². The van der Waals surface area contributed by atoms with Crippen LogP contribution in [-0.2, 0) is 4.74 Å². The Morgan fingerprint density at radius 2 is 2.30 bits per heavy atom. The first-order chi connectivity index (χ1) is 9.58. The van der Waals surface area contributed by atoms with Crippen molar-refractivity contribution in [2.75, 3.05) is 26.8 Å². The number of amides is 1. The molecule has 108 valence electrons. The van der Waals surface area contributed by atoms with Gasteiger partial charge in [0.15, 0.2) is 0 Å². The first kappa shape index (κ1) is 16.2. The van der Waals surface area contributed by atoms with Crippen LogP contribution in [0.3, 0.4) is 0 Å². The first-order valence-corrected chi connectivity index (χ1v) is 6.34. The zero-order chi connectivity index (χ0) is 15.0. The van der Waals surface area contributed by atoms with Crippen molar-refractivity contribution < 1.29 is 13.9 Å². The molecule has 0 fully saturated rings. The van der Waals surface area contributed by atoms with Gasteiger partial charge < -0.3 is 15.8 Å². The fourth-order valence-electron chi connectivity index (χ4n) is 1.64. The maximum Gasteiger partial charge on any atom is 0.254 e. The van der Waals surface area contributed by atoms with E-state index < -0.39 is 11.7 Å². The fourth-order valence-corrected chi connectivity index (χ4v) is 1.64. The third kappa shape index (κ3) is 5.00. The lowest BCUT2D eigenvalue weighted by atomic mass is 10.1. The van der Waals surface area contributed by atoms with Crippen LogP contribution < -0.4 is 11.1 Å². The molecule has 0 aliphatic heterocycles. The van der Waals surface area contributed by atoms with Gasteiger partial charge in [-0.25, -0.2) is 4.39 Å². The molecule has 0 aliphatic carbocycles. The van der Waals surface area contributed by atoms with Crippen molar-refractivity contribution in [1.82, 2.24) is 5.32 Å². The summed E-state index contributed by atoms with van der Waals surface area (Å²) in [5.74, 6) is 4.48. The topological polar surface area (TPSA) is 64.3 Å². The summed E-state index contributed by atoms with van der Waals surface area (Å²) in [4.78, 5) is 11.9. The zero-order valence-electron chi connectivity index (χ0n) is 11.7. The molecule has 0 radical (unpaired) electrons. The average molecular weight is 278 g/mol. The van der Waals surface area contributed by atoms with Crippen LogP contribution in [0.4, 0.5) is 4.39 Å². The number of nitrogens with one attached hydrogen (secondary N) is 1. The molecule has 0 saturated carbocycles. The van der Waals surface area contributed by atoms with Crippen LogP contribution in [0.15, 0.2) is 18.2 Å². The summed E-state index contributed by atoms with van der Waals surface area (Å²) in [6.45, 7) is 3.12. The lowest BCUT2D eigenvalue weighted by Crippen LogP contribution is -2.30. The van der Waals surface area contributed by atoms with Crippen molar-refractivity contribution in [2.24, 2.45) is 11.7 Å². The van der Waals surface area contributed by atoms with E-state index >= 15 is 0 Å². The van der Waals surface area contributed by atoms with Crippen LogP contribution in [0.1, 0.15) is 22.8 Å². The van der Waals surface area contributed by atoms with Crippen molar-refractivity contribution >= 4 is 5.91 Å². The summed E-state index contributed by atoms with van der Waals surface area (Å²) in [6.07, 6.45) is 0. The van der Waals surface area contributed by atoms with Crippen LogP contribution in [0.25, 0.3) is 0 Å². The van der Waals surface area contributed by atoms with Crippen LogP contribution in [0.2, 0.25) is 0 Å². The monoisotopic (exact) mass is 278 g/mol. The molecular weight excluding hydrogens is 259 g/mol. The van der Waals surface area contributed by atoms with Gasteiger partial charge in [0.25, 0.3) is 5.91 Å². The van der Waals surface area contributed by atoms with E-state index in [9.17, 15) is 9.18 Å². The second-order valence-corrected chi connectivity index (χ2v) is 4.47. The second kappa shape index (κ2) is 8.31. The average Bonchev–Trinajstić information content (AvgIpc) is 2.43. The maximum absolute atomic E-state index is 13.8. The Labute approximate surface area is 118 Å². The Bertz CT molecular complexity index is 520. The summed E-state index contributed by atoms with van der Waals surface area (Å²) in [5.41, 5.74) is 5.75. The molecule has 0 aromatic heterocycles. The van der Waals surface area contributed by atoms with Crippen LogP contribution in [-0.4, -0.2) is 32.7 Å². The van der Waals surface area contributed by atoms with Gasteiger partial charge in [-0.15, -0.1) is 0 Å². The number of nitrogens with two attached hydrogens (primary N) is 1. The minimum atomic E-state index is -0.592. The quantitative estimate of drug-likeness (QED) is 0.794. The number of carbonyl (C=O) groups is 1. The summed E-state index contributed by atoms with van der Waals surface area (Å²) in [6, 6.07) is 4.25. The summed E-state index contributed by atoms with van der Waals surface area (Å²) < 4.78 is 18.8. The Morgan fingerprint density at radius 1 is 1.55 bits per heavy atom. The minimum Gasteiger partial charge on any atom is -0.384 e. The molecule has 1 unspecified atom stereocenters. The Hall–Kier alpha value is -1.90. The Kier molecular flexibility index (Phi) is 6.71. The van der Waals surface area contributed by atoms with E-state index in [0.29, 0.717) is 18.7 Å². The molecule has 0 spiro atoms. The summed E-state index contributed by atoms with van der Waals surface area (Å²) in [5, 5.41) is 2.67. The van der Waals surface area contributed by atoms with E-state index in [2.05, 4.69) is 17.2 Å². The van der Waals surface area contributed by atoms with E-state index in [1.165, 1.54) is 12.1 Å². The molecule has 5 heteroatoms. The normalized spacial score (nSPS) is 11.4. The van der Waals surface area contributed by atoms with Gasteiger partial charge in [0.1, 0.15) is 5.82 Å². The van der Waals surface area contributed by atoms with E-state index in [4.69, 9.17) is 10.5 Å². The van der Waals surface area contributed by atoms with Gasteiger partial charge in [-0.1, -0.05) is 18.8 Å². The maximum atomic E-state index is 13.8. The predicted octanol–water partition coefficient (Wildman–Crippen LogP) is 1.15. The van der Waals surface area contributed by atoms with Crippen molar-refractivity contribution in [2.45, 2.75) is 6.92 Å². The molecule has 1 aromatic rings. The highest BCUT2D eigenvalue weighted by molar-refractivity contribution is 5.94. The lowest BCUT2D eigenvalue weighted by Gasteiger charge is -2.11. The van der Waals surface area contributed by atoms with Crippen LogP contribution >= 0.6 is 0 Å². The smallest absolute Gasteiger partial charge is 0.254 e.